The third kappa shape index (κ3) is 3.21. The monoisotopic (exact) mass is 443 g/mol. The van der Waals surface area contributed by atoms with Crippen LogP contribution in [0.2, 0.25) is 0 Å². The van der Waals surface area contributed by atoms with E-state index in [4.69, 9.17) is 4.42 Å². The second-order valence-electron chi connectivity index (χ2n) is 7.96. The standard InChI is InChI=1S/C21H19F2N5O2S/c1-10-17(30-20(26-10)21(2,3)23)19(29)28-8-7-12-15(25-9-24-12)16(28)18-27-14-11(22)5-4-6-13(14)31-18/h4-6,9,16H,7-8H2,1-3H3,(H,24,25)/t16-/m0/s1. The molecule has 0 unspecified atom stereocenters. The summed E-state index contributed by atoms with van der Waals surface area (Å²) in [6.07, 6.45) is 2.13. The molecule has 31 heavy (non-hydrogen) atoms. The molecule has 4 heterocycles. The maximum absolute atomic E-state index is 14.3. The molecule has 0 fully saturated rings. The van der Waals surface area contributed by atoms with Crippen LogP contribution in [-0.2, 0) is 12.1 Å². The normalized spacial score (nSPS) is 16.7. The van der Waals surface area contributed by atoms with E-state index >= 15 is 0 Å². The van der Waals surface area contributed by atoms with E-state index in [-0.39, 0.29) is 17.2 Å². The van der Waals surface area contributed by atoms with Gasteiger partial charge in [0, 0.05) is 18.7 Å². The van der Waals surface area contributed by atoms with Crippen molar-refractivity contribution in [3.8, 4) is 0 Å². The number of imidazole rings is 1. The number of hydrogen-bond acceptors (Lipinski definition) is 6. The van der Waals surface area contributed by atoms with Gasteiger partial charge in [-0.25, -0.2) is 23.7 Å². The number of rotatable bonds is 3. The van der Waals surface area contributed by atoms with Gasteiger partial charge in [-0.2, -0.15) is 0 Å². The predicted molar refractivity (Wildman–Crippen MR) is 110 cm³/mol. The lowest BCUT2D eigenvalue weighted by Crippen LogP contribution is -2.40. The van der Waals surface area contributed by atoms with Gasteiger partial charge in [0.2, 0.25) is 11.7 Å². The summed E-state index contributed by atoms with van der Waals surface area (Å²) in [5.74, 6) is -1.02. The van der Waals surface area contributed by atoms with E-state index in [9.17, 15) is 13.6 Å². The number of halogens is 2. The van der Waals surface area contributed by atoms with Crippen molar-refractivity contribution in [1.29, 1.82) is 0 Å². The molecule has 1 amide bonds. The highest BCUT2D eigenvalue weighted by Gasteiger charge is 2.39. The number of oxazole rings is 1. The fourth-order valence-corrected chi connectivity index (χ4v) is 4.87. The number of carbonyl (C=O) groups excluding carboxylic acids is 1. The largest absolute Gasteiger partial charge is 0.432 e. The van der Waals surface area contributed by atoms with E-state index in [1.54, 1.807) is 30.3 Å². The molecule has 1 aliphatic rings. The molecule has 0 bridgehead atoms. The first kappa shape index (κ1) is 19.8. The van der Waals surface area contributed by atoms with Gasteiger partial charge < -0.3 is 14.3 Å². The molecule has 10 heteroatoms. The van der Waals surface area contributed by atoms with Crippen LogP contribution >= 0.6 is 11.3 Å². The lowest BCUT2D eigenvalue weighted by molar-refractivity contribution is 0.0646. The molecule has 0 aliphatic carbocycles. The van der Waals surface area contributed by atoms with Gasteiger partial charge in [0.1, 0.15) is 22.4 Å². The number of para-hydroxylation sites is 1. The highest BCUT2D eigenvalue weighted by molar-refractivity contribution is 7.18. The minimum absolute atomic E-state index is 0.0167. The Morgan fingerprint density at radius 2 is 2.16 bits per heavy atom. The van der Waals surface area contributed by atoms with Gasteiger partial charge in [-0.1, -0.05) is 6.07 Å². The molecule has 0 spiro atoms. The smallest absolute Gasteiger partial charge is 0.292 e. The third-order valence-corrected chi connectivity index (χ3v) is 6.38. The Morgan fingerprint density at radius 1 is 1.35 bits per heavy atom. The lowest BCUT2D eigenvalue weighted by atomic mass is 10.0. The number of nitrogens with zero attached hydrogens (tertiary/aromatic N) is 4. The van der Waals surface area contributed by atoms with E-state index in [2.05, 4.69) is 19.9 Å². The number of hydrogen-bond donors (Lipinski definition) is 1. The molecular formula is C21H19F2N5O2S. The fraction of sp³-hybridized carbons (Fsp3) is 0.333. The Morgan fingerprint density at radius 3 is 2.87 bits per heavy atom. The topological polar surface area (TPSA) is 87.9 Å². The van der Waals surface area contributed by atoms with E-state index in [0.29, 0.717) is 34.1 Å². The summed E-state index contributed by atoms with van der Waals surface area (Å²) in [4.78, 5) is 31.2. The van der Waals surface area contributed by atoms with Crippen molar-refractivity contribution in [2.24, 2.45) is 0 Å². The van der Waals surface area contributed by atoms with Crippen molar-refractivity contribution < 1.29 is 18.0 Å². The molecule has 1 aromatic carbocycles. The summed E-state index contributed by atoms with van der Waals surface area (Å²) in [6.45, 7) is 4.62. The number of benzene rings is 1. The highest BCUT2D eigenvalue weighted by Crippen LogP contribution is 2.39. The number of carbonyl (C=O) groups is 1. The fourth-order valence-electron chi connectivity index (χ4n) is 3.77. The number of amides is 1. The molecule has 0 radical (unpaired) electrons. The predicted octanol–water partition coefficient (Wildman–Crippen LogP) is 4.45. The zero-order valence-electron chi connectivity index (χ0n) is 17.1. The number of nitrogens with one attached hydrogen (secondary N) is 1. The number of aromatic nitrogens is 4. The zero-order valence-corrected chi connectivity index (χ0v) is 17.9. The van der Waals surface area contributed by atoms with Gasteiger partial charge in [0.25, 0.3) is 5.91 Å². The minimum atomic E-state index is -1.81. The summed E-state index contributed by atoms with van der Waals surface area (Å²) in [6, 6.07) is 4.15. The van der Waals surface area contributed by atoms with Gasteiger partial charge in [0.05, 0.1) is 22.4 Å². The van der Waals surface area contributed by atoms with Gasteiger partial charge in [0.15, 0.2) is 5.67 Å². The number of fused-ring (bicyclic) bond motifs is 2. The van der Waals surface area contributed by atoms with Crippen molar-refractivity contribution in [1.82, 2.24) is 24.8 Å². The molecular weight excluding hydrogens is 424 g/mol. The van der Waals surface area contributed by atoms with Crippen molar-refractivity contribution in [2.75, 3.05) is 6.54 Å². The van der Waals surface area contributed by atoms with E-state index in [1.807, 2.05) is 0 Å². The molecule has 4 aromatic rings. The van der Waals surface area contributed by atoms with Crippen LogP contribution in [0.1, 0.15) is 58.4 Å². The van der Waals surface area contributed by atoms with Crippen molar-refractivity contribution in [3.05, 3.63) is 64.1 Å². The Labute approximate surface area is 180 Å². The first-order valence-electron chi connectivity index (χ1n) is 9.79. The summed E-state index contributed by atoms with van der Waals surface area (Å²) in [5, 5.41) is 0.546. The average molecular weight is 443 g/mol. The van der Waals surface area contributed by atoms with Crippen LogP contribution in [0, 0.1) is 12.7 Å². The van der Waals surface area contributed by atoms with Crippen LogP contribution in [0.5, 0.6) is 0 Å². The van der Waals surface area contributed by atoms with Crippen molar-refractivity contribution in [2.45, 2.75) is 38.9 Å². The van der Waals surface area contributed by atoms with E-state index < -0.39 is 23.4 Å². The highest BCUT2D eigenvalue weighted by atomic mass is 32.1. The van der Waals surface area contributed by atoms with Gasteiger partial charge in [-0.3, -0.25) is 4.79 Å². The van der Waals surface area contributed by atoms with Gasteiger partial charge in [-0.05, 0) is 32.9 Å². The Balaban J connectivity index is 1.61. The molecule has 160 valence electrons. The number of H-pyrrole nitrogens is 1. The molecule has 1 aliphatic heterocycles. The molecule has 0 saturated carbocycles. The van der Waals surface area contributed by atoms with Crippen molar-refractivity contribution in [3.63, 3.8) is 0 Å². The van der Waals surface area contributed by atoms with Crippen LogP contribution in [-0.4, -0.2) is 37.3 Å². The summed E-state index contributed by atoms with van der Waals surface area (Å²) in [7, 11) is 0. The third-order valence-electron chi connectivity index (χ3n) is 5.31. The van der Waals surface area contributed by atoms with Crippen LogP contribution in [0.4, 0.5) is 8.78 Å². The minimum Gasteiger partial charge on any atom is -0.432 e. The van der Waals surface area contributed by atoms with E-state index in [0.717, 1.165) is 5.69 Å². The number of thiazole rings is 1. The van der Waals surface area contributed by atoms with Crippen LogP contribution < -0.4 is 0 Å². The summed E-state index contributed by atoms with van der Waals surface area (Å²) < 4.78 is 34.8. The first-order valence-corrected chi connectivity index (χ1v) is 10.6. The number of alkyl halides is 1. The molecule has 0 saturated heterocycles. The van der Waals surface area contributed by atoms with Gasteiger partial charge >= 0.3 is 0 Å². The lowest BCUT2D eigenvalue weighted by Gasteiger charge is -2.33. The molecule has 1 N–H and O–H groups in total. The molecule has 3 aromatic heterocycles. The second-order valence-corrected chi connectivity index (χ2v) is 9.02. The van der Waals surface area contributed by atoms with Crippen LogP contribution in [0.15, 0.2) is 28.9 Å². The Bertz CT molecular complexity index is 1300. The zero-order chi connectivity index (χ0) is 21.9. The molecule has 1 atom stereocenters. The second kappa shape index (κ2) is 6.94. The number of aryl methyl sites for hydroxylation is 1. The van der Waals surface area contributed by atoms with Gasteiger partial charge in [-0.15, -0.1) is 11.3 Å². The maximum atomic E-state index is 14.3. The quantitative estimate of drug-likeness (QED) is 0.506. The van der Waals surface area contributed by atoms with E-state index in [1.165, 1.54) is 31.3 Å². The average Bonchev–Trinajstić information content (AvgIpc) is 3.44. The molecule has 7 nitrogen and oxygen atoms in total. The Kier molecular flexibility index (Phi) is 4.44. The van der Waals surface area contributed by atoms with Crippen LogP contribution in [0.3, 0.4) is 0 Å². The first-order chi connectivity index (χ1) is 14.7. The van der Waals surface area contributed by atoms with Crippen molar-refractivity contribution >= 4 is 27.5 Å². The SMILES string of the molecule is Cc1nc(C(C)(C)F)oc1C(=O)N1CCc2[nH]cnc2[C@H]1c1nc2c(F)cccc2s1. The van der Waals surface area contributed by atoms with Crippen LogP contribution in [0.25, 0.3) is 10.2 Å². The number of aromatic amines is 1. The molecule has 5 rings (SSSR count). The summed E-state index contributed by atoms with van der Waals surface area (Å²) in [5.41, 5.74) is 0.309. The maximum Gasteiger partial charge on any atom is 0.292 e. The Hall–Kier alpha value is -3.14. The summed E-state index contributed by atoms with van der Waals surface area (Å²) >= 11 is 1.31.